The molecule has 0 aliphatic rings. The van der Waals surface area contributed by atoms with Crippen LogP contribution in [0.4, 0.5) is 28.1 Å². The van der Waals surface area contributed by atoms with Gasteiger partial charge in [0.2, 0.25) is 0 Å². The lowest BCUT2D eigenvalue weighted by Crippen LogP contribution is -2.05. The van der Waals surface area contributed by atoms with Gasteiger partial charge in [-0.25, -0.2) is 15.0 Å². The molecule has 4 rings (SSSR count). The second-order valence-electron chi connectivity index (χ2n) is 5.96. The third kappa shape index (κ3) is 3.61. The first-order chi connectivity index (χ1) is 13.1. The number of nitrogens with one attached hydrogen (secondary N) is 2. The highest BCUT2D eigenvalue weighted by molar-refractivity contribution is 7.22. The maximum absolute atomic E-state index is 6.26. The fourth-order valence-corrected chi connectivity index (χ4v) is 3.58. The fraction of sp³-hybridized carbons (Fsp3) is 0.105. The fourth-order valence-electron chi connectivity index (χ4n) is 2.62. The molecule has 0 atom stereocenters. The maximum Gasteiger partial charge on any atom is 0.189 e. The number of hydrogen-bond donors (Lipinski definition) is 3. The molecule has 0 unspecified atom stereocenters. The Hall–Kier alpha value is -3.39. The van der Waals surface area contributed by atoms with Crippen molar-refractivity contribution in [2.75, 3.05) is 23.5 Å². The van der Waals surface area contributed by atoms with Gasteiger partial charge < -0.3 is 21.1 Å². The van der Waals surface area contributed by atoms with Crippen LogP contribution in [0, 0.1) is 6.92 Å². The van der Waals surface area contributed by atoms with Crippen LogP contribution in [0.5, 0.6) is 5.75 Å². The van der Waals surface area contributed by atoms with Crippen LogP contribution in [0.25, 0.3) is 10.2 Å². The molecule has 2 heterocycles. The van der Waals surface area contributed by atoms with Gasteiger partial charge in [-0.2, -0.15) is 0 Å². The molecule has 0 bridgehead atoms. The Labute approximate surface area is 160 Å². The van der Waals surface area contributed by atoms with Crippen molar-refractivity contribution in [3.63, 3.8) is 0 Å². The number of aryl methyl sites for hydroxylation is 1. The first-order valence-electron chi connectivity index (χ1n) is 8.28. The van der Waals surface area contributed by atoms with Gasteiger partial charge in [0.25, 0.3) is 0 Å². The topological polar surface area (TPSA) is 98.0 Å². The van der Waals surface area contributed by atoms with Gasteiger partial charge >= 0.3 is 0 Å². The Morgan fingerprint density at radius 1 is 1.04 bits per heavy atom. The van der Waals surface area contributed by atoms with E-state index in [0.717, 1.165) is 26.8 Å². The molecule has 0 spiro atoms. The normalized spacial score (nSPS) is 10.7. The van der Waals surface area contributed by atoms with E-state index in [1.54, 1.807) is 18.4 Å². The van der Waals surface area contributed by atoms with Crippen molar-refractivity contribution in [1.29, 1.82) is 0 Å². The molecule has 0 saturated carbocycles. The zero-order chi connectivity index (χ0) is 18.8. The molecule has 0 amide bonds. The molecule has 7 nitrogen and oxygen atoms in total. The molecule has 0 radical (unpaired) electrons. The Balaban J connectivity index is 1.60. The average molecular weight is 378 g/mol. The van der Waals surface area contributed by atoms with Gasteiger partial charge in [-0.05, 0) is 36.8 Å². The van der Waals surface area contributed by atoms with E-state index in [4.69, 9.17) is 10.5 Å². The van der Waals surface area contributed by atoms with E-state index < -0.39 is 0 Å². The van der Waals surface area contributed by atoms with Gasteiger partial charge in [-0.3, -0.25) is 0 Å². The molecule has 0 aliphatic heterocycles. The second-order valence-corrected chi connectivity index (χ2v) is 6.99. The summed E-state index contributed by atoms with van der Waals surface area (Å²) < 4.78 is 6.35. The third-order valence-electron chi connectivity index (χ3n) is 3.99. The van der Waals surface area contributed by atoms with Crippen LogP contribution >= 0.6 is 11.3 Å². The van der Waals surface area contributed by atoms with Crippen molar-refractivity contribution in [3.8, 4) is 5.75 Å². The Morgan fingerprint density at radius 2 is 1.85 bits per heavy atom. The van der Waals surface area contributed by atoms with Crippen molar-refractivity contribution in [2.45, 2.75) is 6.92 Å². The van der Waals surface area contributed by atoms with Crippen molar-refractivity contribution in [2.24, 2.45) is 0 Å². The Kier molecular flexibility index (Phi) is 4.47. The molecule has 0 saturated heterocycles. The Bertz CT molecular complexity index is 1110. The van der Waals surface area contributed by atoms with Crippen LogP contribution < -0.4 is 21.1 Å². The highest BCUT2D eigenvalue weighted by Crippen LogP contribution is 2.32. The molecule has 4 aromatic rings. The van der Waals surface area contributed by atoms with E-state index in [1.165, 1.54) is 11.9 Å². The number of aromatic nitrogens is 3. The molecule has 0 fully saturated rings. The lowest BCUT2D eigenvalue weighted by molar-refractivity contribution is 0.415. The number of ether oxygens (including phenoxy) is 1. The van der Waals surface area contributed by atoms with Crippen LogP contribution in [-0.4, -0.2) is 22.1 Å². The molecule has 27 heavy (non-hydrogen) atoms. The van der Waals surface area contributed by atoms with Gasteiger partial charge in [0.1, 0.15) is 17.8 Å². The van der Waals surface area contributed by atoms with E-state index >= 15 is 0 Å². The molecule has 4 N–H and O–H groups in total. The summed E-state index contributed by atoms with van der Waals surface area (Å²) in [7, 11) is 1.62. The third-order valence-corrected chi connectivity index (χ3v) is 4.92. The van der Waals surface area contributed by atoms with Crippen molar-refractivity contribution in [3.05, 3.63) is 54.4 Å². The first kappa shape index (κ1) is 17.0. The summed E-state index contributed by atoms with van der Waals surface area (Å²) in [6.45, 7) is 2.06. The highest BCUT2D eigenvalue weighted by Gasteiger charge is 2.11. The van der Waals surface area contributed by atoms with Gasteiger partial charge in [-0.1, -0.05) is 23.5 Å². The quantitative estimate of drug-likeness (QED) is 0.471. The largest absolute Gasteiger partial charge is 0.497 e. The summed E-state index contributed by atoms with van der Waals surface area (Å²) >= 11 is 1.55. The van der Waals surface area contributed by atoms with E-state index in [-0.39, 0.29) is 0 Å². The average Bonchev–Trinajstić information content (AvgIpc) is 3.06. The number of nitrogen functional groups attached to an aromatic ring is 1. The summed E-state index contributed by atoms with van der Waals surface area (Å²) in [4.78, 5) is 13.1. The summed E-state index contributed by atoms with van der Waals surface area (Å²) in [5.41, 5.74) is 9.64. The van der Waals surface area contributed by atoms with Crippen molar-refractivity contribution < 1.29 is 4.74 Å². The minimum Gasteiger partial charge on any atom is -0.497 e. The lowest BCUT2D eigenvalue weighted by atomic mass is 10.2. The van der Waals surface area contributed by atoms with E-state index in [9.17, 15) is 0 Å². The predicted molar refractivity (Wildman–Crippen MR) is 110 cm³/mol. The molecule has 136 valence electrons. The van der Waals surface area contributed by atoms with Gasteiger partial charge in [0.05, 0.1) is 17.3 Å². The first-order valence-corrected chi connectivity index (χ1v) is 9.10. The summed E-state index contributed by atoms with van der Waals surface area (Å²) in [6, 6.07) is 13.7. The Morgan fingerprint density at radius 3 is 2.67 bits per heavy atom. The molecule has 2 aromatic heterocycles. The van der Waals surface area contributed by atoms with E-state index in [0.29, 0.717) is 17.3 Å². The van der Waals surface area contributed by atoms with Crippen LogP contribution in [0.1, 0.15) is 5.56 Å². The number of benzene rings is 2. The van der Waals surface area contributed by atoms with Gasteiger partial charge in [0.15, 0.2) is 16.8 Å². The number of methoxy groups -OCH3 is 1. The monoisotopic (exact) mass is 378 g/mol. The van der Waals surface area contributed by atoms with Gasteiger partial charge in [-0.15, -0.1) is 0 Å². The highest BCUT2D eigenvalue weighted by atomic mass is 32.1. The van der Waals surface area contributed by atoms with Crippen LogP contribution in [-0.2, 0) is 0 Å². The number of fused-ring (bicyclic) bond motifs is 1. The zero-order valence-electron chi connectivity index (χ0n) is 14.9. The summed E-state index contributed by atoms with van der Waals surface area (Å²) in [5.74, 6) is 1.76. The van der Waals surface area contributed by atoms with Gasteiger partial charge in [0, 0.05) is 11.8 Å². The smallest absolute Gasteiger partial charge is 0.189 e. The number of nitrogens with two attached hydrogens (primary N) is 1. The summed E-state index contributed by atoms with van der Waals surface area (Å²) in [5, 5.41) is 7.12. The van der Waals surface area contributed by atoms with E-state index in [1.807, 2.05) is 36.4 Å². The van der Waals surface area contributed by atoms with E-state index in [2.05, 4.69) is 38.6 Å². The van der Waals surface area contributed by atoms with Crippen LogP contribution in [0.3, 0.4) is 0 Å². The van der Waals surface area contributed by atoms with Crippen LogP contribution in [0.2, 0.25) is 0 Å². The number of anilines is 5. The molecular weight excluding hydrogens is 360 g/mol. The zero-order valence-corrected chi connectivity index (χ0v) is 15.7. The SMILES string of the molecule is COc1cccc(Nc2ncnc(Nc3nc4ccc(C)cc4s3)c2N)c1. The number of nitrogens with zero attached hydrogens (tertiary/aromatic N) is 3. The standard InChI is InChI=1S/C19H18N6OS/c1-11-6-7-14-15(8-11)27-19(24-14)25-18-16(20)17(21-10-22-18)23-12-4-3-5-13(9-12)26-2/h3-10H,20H2,1-2H3,(H2,21,22,23,24,25). The predicted octanol–water partition coefficient (Wildman–Crippen LogP) is 4.47. The minimum absolute atomic E-state index is 0.413. The molecule has 8 heteroatoms. The number of rotatable bonds is 5. The van der Waals surface area contributed by atoms with Crippen molar-refractivity contribution in [1.82, 2.24) is 15.0 Å². The molecular formula is C19H18N6OS. The maximum atomic E-state index is 6.26. The minimum atomic E-state index is 0.413. The molecule has 2 aromatic carbocycles. The summed E-state index contributed by atoms with van der Waals surface area (Å²) in [6.07, 6.45) is 1.46. The lowest BCUT2D eigenvalue weighted by Gasteiger charge is -2.12. The number of hydrogen-bond acceptors (Lipinski definition) is 8. The van der Waals surface area contributed by atoms with Crippen molar-refractivity contribution >= 4 is 49.7 Å². The van der Waals surface area contributed by atoms with Crippen LogP contribution in [0.15, 0.2) is 48.8 Å². The molecule has 0 aliphatic carbocycles. The second kappa shape index (κ2) is 7.08. The number of thiazole rings is 1.